The molecule has 4 nitrogen and oxygen atoms in total. The zero-order chi connectivity index (χ0) is 15.5. The second kappa shape index (κ2) is 7.22. The molecule has 1 N–H and O–H groups in total. The lowest BCUT2D eigenvalue weighted by molar-refractivity contribution is 0.403. The summed E-state index contributed by atoms with van der Waals surface area (Å²) in [5, 5.41) is 3.33. The summed E-state index contributed by atoms with van der Waals surface area (Å²) >= 11 is 1.59. The van der Waals surface area contributed by atoms with Gasteiger partial charge in [-0.1, -0.05) is 13.8 Å². The van der Waals surface area contributed by atoms with Crippen molar-refractivity contribution in [2.24, 2.45) is 0 Å². The van der Waals surface area contributed by atoms with Crippen LogP contribution in [0, 0.1) is 6.92 Å². The first-order chi connectivity index (χ1) is 10.0. The van der Waals surface area contributed by atoms with Gasteiger partial charge in [0, 0.05) is 28.9 Å². The minimum Gasteiger partial charge on any atom is -0.312 e. The predicted octanol–water partition coefficient (Wildman–Crippen LogP) is 3.12. The van der Waals surface area contributed by atoms with Gasteiger partial charge in [0.1, 0.15) is 0 Å². The molecule has 21 heavy (non-hydrogen) atoms. The Hall–Kier alpha value is -0.430. The molecule has 6 heteroatoms. The van der Waals surface area contributed by atoms with Crippen molar-refractivity contribution in [1.29, 1.82) is 0 Å². The summed E-state index contributed by atoms with van der Waals surface area (Å²) in [4.78, 5) is 2.53. The molecule has 1 saturated carbocycles. The lowest BCUT2D eigenvalue weighted by Gasteiger charge is -2.21. The largest absolute Gasteiger partial charge is 0.312 e. The van der Waals surface area contributed by atoms with Crippen LogP contribution in [-0.4, -0.2) is 31.9 Å². The Morgan fingerprint density at radius 1 is 1.33 bits per heavy atom. The van der Waals surface area contributed by atoms with Crippen LogP contribution in [0.4, 0.5) is 0 Å². The quantitative estimate of drug-likeness (QED) is 0.708. The molecule has 0 aromatic carbocycles. The monoisotopic (exact) mass is 330 g/mol. The van der Waals surface area contributed by atoms with E-state index in [0.29, 0.717) is 11.4 Å². The molecule has 0 atom stereocenters. The molecule has 1 aliphatic carbocycles. The van der Waals surface area contributed by atoms with Crippen molar-refractivity contribution >= 4 is 21.4 Å². The lowest BCUT2D eigenvalue weighted by atomic mass is 10.4. The molecule has 1 heterocycles. The summed E-state index contributed by atoms with van der Waals surface area (Å²) in [5.41, 5.74) is 0. The summed E-state index contributed by atoms with van der Waals surface area (Å²) in [6, 6.07) is 2.10. The molecule has 0 saturated heterocycles. The molecule has 120 valence electrons. The fourth-order valence-corrected chi connectivity index (χ4v) is 5.82. The van der Waals surface area contributed by atoms with Crippen molar-refractivity contribution in [3.05, 3.63) is 15.8 Å². The highest BCUT2D eigenvalue weighted by Gasteiger charge is 2.38. The van der Waals surface area contributed by atoms with E-state index < -0.39 is 10.0 Å². The van der Waals surface area contributed by atoms with Crippen LogP contribution in [0.1, 0.15) is 49.3 Å². The number of aryl methyl sites for hydroxylation is 1. The van der Waals surface area contributed by atoms with E-state index in [9.17, 15) is 8.42 Å². The van der Waals surface area contributed by atoms with Crippen LogP contribution in [0.5, 0.6) is 0 Å². The van der Waals surface area contributed by atoms with E-state index in [1.807, 2.05) is 19.9 Å². The van der Waals surface area contributed by atoms with Crippen LogP contribution < -0.4 is 5.32 Å². The topological polar surface area (TPSA) is 49.4 Å². The summed E-state index contributed by atoms with van der Waals surface area (Å²) in [7, 11) is -3.32. The number of rotatable bonds is 9. The van der Waals surface area contributed by atoms with Gasteiger partial charge in [0.2, 0.25) is 10.0 Å². The zero-order valence-electron chi connectivity index (χ0n) is 13.2. The summed E-state index contributed by atoms with van der Waals surface area (Å²) < 4.78 is 27.5. The minimum atomic E-state index is -3.32. The molecular formula is C15H26N2O2S2. The number of nitrogens with zero attached hydrogens (tertiary/aromatic N) is 1. The highest BCUT2D eigenvalue weighted by molar-refractivity contribution is 7.89. The Morgan fingerprint density at radius 3 is 2.62 bits per heavy atom. The molecule has 0 unspecified atom stereocenters. The van der Waals surface area contributed by atoms with Gasteiger partial charge in [0.25, 0.3) is 0 Å². The van der Waals surface area contributed by atoms with Gasteiger partial charge in [-0.25, -0.2) is 8.42 Å². The highest BCUT2D eigenvalue weighted by atomic mass is 32.2. The standard InChI is InChI=1S/C15H26N2O2S2/c1-4-8-16-11-14-10-15(12(3)20-14)21(18,19)17(9-5-2)13-6-7-13/h10,13,16H,4-9,11H2,1-3H3. The second-order valence-corrected chi connectivity index (χ2v) is 8.86. The number of sulfonamides is 1. The Kier molecular flexibility index (Phi) is 5.82. The second-order valence-electron chi connectivity index (χ2n) is 5.66. The molecule has 0 bridgehead atoms. The fraction of sp³-hybridized carbons (Fsp3) is 0.733. The molecule has 0 spiro atoms. The van der Waals surface area contributed by atoms with Crippen molar-refractivity contribution in [3.63, 3.8) is 0 Å². The van der Waals surface area contributed by atoms with E-state index in [-0.39, 0.29) is 6.04 Å². The van der Waals surface area contributed by atoms with Crippen LogP contribution in [0.2, 0.25) is 0 Å². The maximum absolute atomic E-state index is 12.9. The van der Waals surface area contributed by atoms with Gasteiger partial charge in [-0.3, -0.25) is 0 Å². The molecule has 1 aromatic rings. The fourth-order valence-electron chi connectivity index (χ4n) is 2.46. The first kappa shape index (κ1) is 16.9. The van der Waals surface area contributed by atoms with E-state index in [4.69, 9.17) is 0 Å². The molecular weight excluding hydrogens is 304 g/mol. The number of hydrogen-bond donors (Lipinski definition) is 1. The predicted molar refractivity (Wildman–Crippen MR) is 88.3 cm³/mol. The van der Waals surface area contributed by atoms with Crippen molar-refractivity contribution in [1.82, 2.24) is 9.62 Å². The van der Waals surface area contributed by atoms with Gasteiger partial charge in [-0.05, 0) is 45.2 Å². The van der Waals surface area contributed by atoms with Crippen LogP contribution in [0.25, 0.3) is 0 Å². The van der Waals surface area contributed by atoms with Gasteiger partial charge in [-0.15, -0.1) is 11.3 Å². The number of hydrogen-bond acceptors (Lipinski definition) is 4. The molecule has 0 amide bonds. The van der Waals surface area contributed by atoms with Crippen LogP contribution >= 0.6 is 11.3 Å². The summed E-state index contributed by atoms with van der Waals surface area (Å²) in [5.74, 6) is 0. The Labute approximate surface area is 132 Å². The smallest absolute Gasteiger partial charge is 0.244 e. The minimum absolute atomic E-state index is 0.232. The SMILES string of the molecule is CCCNCc1cc(S(=O)(=O)N(CCC)C2CC2)c(C)s1. The molecule has 1 aliphatic rings. The molecule has 0 radical (unpaired) electrons. The summed E-state index contributed by atoms with van der Waals surface area (Å²) in [6.07, 6.45) is 3.96. The number of thiophene rings is 1. The maximum atomic E-state index is 12.9. The van der Waals surface area contributed by atoms with Crippen molar-refractivity contribution in [2.75, 3.05) is 13.1 Å². The van der Waals surface area contributed by atoms with Gasteiger partial charge in [-0.2, -0.15) is 4.31 Å². The van der Waals surface area contributed by atoms with Gasteiger partial charge in [0.15, 0.2) is 0 Å². The highest BCUT2D eigenvalue weighted by Crippen LogP contribution is 2.35. The van der Waals surface area contributed by atoms with Crippen LogP contribution in [0.15, 0.2) is 11.0 Å². The zero-order valence-corrected chi connectivity index (χ0v) is 14.8. The van der Waals surface area contributed by atoms with Crippen LogP contribution in [-0.2, 0) is 16.6 Å². The first-order valence-corrected chi connectivity index (χ1v) is 10.1. The third-order valence-electron chi connectivity index (χ3n) is 3.63. The van der Waals surface area contributed by atoms with E-state index >= 15 is 0 Å². The number of nitrogens with one attached hydrogen (secondary N) is 1. The third kappa shape index (κ3) is 4.06. The van der Waals surface area contributed by atoms with E-state index in [0.717, 1.165) is 48.5 Å². The van der Waals surface area contributed by atoms with Crippen molar-refractivity contribution in [3.8, 4) is 0 Å². The Bertz CT molecular complexity index is 562. The van der Waals surface area contributed by atoms with Gasteiger partial charge >= 0.3 is 0 Å². The average molecular weight is 331 g/mol. The normalized spacial score (nSPS) is 15.8. The van der Waals surface area contributed by atoms with Gasteiger partial charge < -0.3 is 5.32 Å². The molecule has 1 aromatic heterocycles. The van der Waals surface area contributed by atoms with Crippen molar-refractivity contribution in [2.45, 2.75) is 63.9 Å². The lowest BCUT2D eigenvalue weighted by Crippen LogP contribution is -2.33. The Balaban J connectivity index is 2.18. The van der Waals surface area contributed by atoms with E-state index in [1.54, 1.807) is 15.6 Å². The average Bonchev–Trinajstić information content (AvgIpc) is 3.19. The van der Waals surface area contributed by atoms with Crippen molar-refractivity contribution < 1.29 is 8.42 Å². The van der Waals surface area contributed by atoms with Gasteiger partial charge in [0.05, 0.1) is 4.90 Å². The van der Waals surface area contributed by atoms with Crippen LogP contribution in [0.3, 0.4) is 0 Å². The first-order valence-electron chi connectivity index (χ1n) is 7.82. The molecule has 2 rings (SSSR count). The maximum Gasteiger partial charge on any atom is 0.244 e. The molecule has 0 aliphatic heterocycles. The van der Waals surface area contributed by atoms with E-state index in [2.05, 4.69) is 12.2 Å². The van der Waals surface area contributed by atoms with E-state index in [1.165, 1.54) is 0 Å². The molecule has 1 fully saturated rings. The summed E-state index contributed by atoms with van der Waals surface area (Å²) in [6.45, 7) is 8.42. The Morgan fingerprint density at radius 2 is 2.05 bits per heavy atom. The third-order valence-corrected chi connectivity index (χ3v) is 6.89.